The number of rotatable bonds is 11. The first kappa shape index (κ1) is 31.9. The Kier molecular flexibility index (Phi) is 10.9. The van der Waals surface area contributed by atoms with Gasteiger partial charge in [0.1, 0.15) is 12.6 Å². The predicted molar refractivity (Wildman–Crippen MR) is 168 cm³/mol. The minimum absolute atomic E-state index is 0.0214. The molecule has 2 amide bonds. The topological polar surface area (TPSA) is 86.8 Å². The van der Waals surface area contributed by atoms with Crippen LogP contribution in [0, 0.1) is 6.92 Å². The molecule has 1 fully saturated rings. The van der Waals surface area contributed by atoms with Crippen molar-refractivity contribution in [3.63, 3.8) is 0 Å². The highest BCUT2D eigenvalue weighted by molar-refractivity contribution is 7.92. The number of nitrogens with zero attached hydrogens (tertiary/aromatic N) is 2. The molecule has 0 aromatic heterocycles. The van der Waals surface area contributed by atoms with E-state index in [1.54, 1.807) is 18.2 Å². The number of hydrogen-bond acceptors (Lipinski definition) is 4. The number of aryl methyl sites for hydroxylation is 1. The van der Waals surface area contributed by atoms with Crippen LogP contribution in [0.1, 0.15) is 56.6 Å². The van der Waals surface area contributed by atoms with Crippen molar-refractivity contribution in [2.45, 2.75) is 75.9 Å². The second-order valence-corrected chi connectivity index (χ2v) is 13.5. The Labute approximate surface area is 258 Å². The first-order valence-corrected chi connectivity index (χ1v) is 16.5. The average Bonchev–Trinajstić information content (AvgIpc) is 2.97. The lowest BCUT2D eigenvalue weighted by Gasteiger charge is -2.34. The molecule has 0 spiro atoms. The summed E-state index contributed by atoms with van der Waals surface area (Å²) in [5.74, 6) is -0.724. The van der Waals surface area contributed by atoms with Crippen LogP contribution in [0.4, 0.5) is 5.69 Å². The molecule has 42 heavy (non-hydrogen) atoms. The predicted octanol–water partition coefficient (Wildman–Crippen LogP) is 6.75. The van der Waals surface area contributed by atoms with E-state index in [9.17, 15) is 18.0 Å². The minimum Gasteiger partial charge on any atom is -0.352 e. The summed E-state index contributed by atoms with van der Waals surface area (Å²) in [5.41, 5.74) is 2.15. The Morgan fingerprint density at radius 1 is 0.929 bits per heavy atom. The molecule has 1 atom stereocenters. The zero-order valence-corrected chi connectivity index (χ0v) is 26.3. The molecule has 10 heteroatoms. The number of benzene rings is 3. The maximum absolute atomic E-state index is 14.2. The van der Waals surface area contributed by atoms with E-state index in [1.165, 1.54) is 35.2 Å². The highest BCUT2D eigenvalue weighted by Crippen LogP contribution is 2.28. The van der Waals surface area contributed by atoms with Crippen molar-refractivity contribution in [1.82, 2.24) is 10.2 Å². The van der Waals surface area contributed by atoms with Gasteiger partial charge in [0.25, 0.3) is 10.0 Å². The van der Waals surface area contributed by atoms with Gasteiger partial charge in [0, 0.05) is 22.6 Å². The molecular formula is C32H37Cl2N3O4S. The molecule has 1 unspecified atom stereocenters. The van der Waals surface area contributed by atoms with Crippen molar-refractivity contribution in [1.29, 1.82) is 0 Å². The van der Waals surface area contributed by atoms with Crippen LogP contribution in [-0.2, 0) is 26.2 Å². The SMILES string of the molecule is CCC(C(=O)NC1CCCCC1)N(Cc1ccc(C)cc1)C(=O)CN(c1cccc(Cl)c1)S(=O)(=O)c1ccc(Cl)cc1. The van der Waals surface area contributed by atoms with Crippen LogP contribution in [0.15, 0.2) is 77.7 Å². The normalized spacial score (nSPS) is 14.7. The maximum atomic E-state index is 14.2. The lowest BCUT2D eigenvalue weighted by molar-refractivity contribution is -0.140. The molecule has 1 aliphatic rings. The number of sulfonamides is 1. The van der Waals surface area contributed by atoms with Crippen LogP contribution in [-0.4, -0.2) is 43.8 Å². The molecule has 3 aromatic rings. The van der Waals surface area contributed by atoms with Gasteiger partial charge in [0.2, 0.25) is 11.8 Å². The molecule has 4 rings (SSSR count). The maximum Gasteiger partial charge on any atom is 0.264 e. The smallest absolute Gasteiger partial charge is 0.264 e. The van der Waals surface area contributed by atoms with Gasteiger partial charge in [-0.25, -0.2) is 8.42 Å². The highest BCUT2D eigenvalue weighted by Gasteiger charge is 2.34. The van der Waals surface area contributed by atoms with Gasteiger partial charge in [0.15, 0.2) is 0 Å². The summed E-state index contributed by atoms with van der Waals surface area (Å²) in [6.07, 6.45) is 5.47. The summed E-state index contributed by atoms with van der Waals surface area (Å²) in [6.45, 7) is 3.47. The Morgan fingerprint density at radius 2 is 1.60 bits per heavy atom. The summed E-state index contributed by atoms with van der Waals surface area (Å²) in [6, 6.07) is 19.1. The molecule has 1 aliphatic carbocycles. The van der Waals surface area contributed by atoms with E-state index in [4.69, 9.17) is 23.2 Å². The van der Waals surface area contributed by atoms with Crippen molar-refractivity contribution in [2.24, 2.45) is 0 Å². The number of carbonyl (C=O) groups excluding carboxylic acids is 2. The Hall–Kier alpha value is -3.07. The third kappa shape index (κ3) is 8.06. The highest BCUT2D eigenvalue weighted by atomic mass is 35.5. The summed E-state index contributed by atoms with van der Waals surface area (Å²) in [5, 5.41) is 3.87. The Morgan fingerprint density at radius 3 is 2.21 bits per heavy atom. The van der Waals surface area contributed by atoms with Gasteiger partial charge in [-0.1, -0.05) is 85.3 Å². The van der Waals surface area contributed by atoms with Gasteiger partial charge in [0.05, 0.1) is 10.6 Å². The van der Waals surface area contributed by atoms with Crippen LogP contribution < -0.4 is 9.62 Å². The Bertz CT molecular complexity index is 1470. The van der Waals surface area contributed by atoms with Gasteiger partial charge in [-0.3, -0.25) is 13.9 Å². The molecule has 0 radical (unpaired) electrons. The molecule has 1 saturated carbocycles. The molecular weight excluding hydrogens is 593 g/mol. The van der Waals surface area contributed by atoms with E-state index in [-0.39, 0.29) is 29.1 Å². The van der Waals surface area contributed by atoms with Gasteiger partial charge in [-0.15, -0.1) is 0 Å². The van der Waals surface area contributed by atoms with Crippen LogP contribution in [0.2, 0.25) is 10.0 Å². The third-order valence-corrected chi connectivity index (χ3v) is 9.86. The summed E-state index contributed by atoms with van der Waals surface area (Å²) in [7, 11) is -4.20. The summed E-state index contributed by atoms with van der Waals surface area (Å²) in [4.78, 5) is 29.3. The number of amides is 2. The first-order valence-electron chi connectivity index (χ1n) is 14.3. The summed E-state index contributed by atoms with van der Waals surface area (Å²) >= 11 is 12.3. The van der Waals surface area contributed by atoms with Gasteiger partial charge in [-0.2, -0.15) is 0 Å². The second-order valence-electron chi connectivity index (χ2n) is 10.7. The van der Waals surface area contributed by atoms with Crippen LogP contribution in [0.3, 0.4) is 0 Å². The average molecular weight is 631 g/mol. The van der Waals surface area contributed by atoms with Crippen molar-refractivity contribution in [3.8, 4) is 0 Å². The van der Waals surface area contributed by atoms with Crippen LogP contribution in [0.25, 0.3) is 0 Å². The van der Waals surface area contributed by atoms with Gasteiger partial charge < -0.3 is 10.2 Å². The number of anilines is 1. The second kappa shape index (κ2) is 14.4. The fourth-order valence-corrected chi connectivity index (χ4v) is 6.96. The van der Waals surface area contributed by atoms with Crippen molar-refractivity contribution >= 4 is 50.7 Å². The third-order valence-electron chi connectivity index (χ3n) is 7.59. The van der Waals surface area contributed by atoms with E-state index >= 15 is 0 Å². The lowest BCUT2D eigenvalue weighted by Crippen LogP contribution is -2.54. The van der Waals surface area contributed by atoms with E-state index in [0.717, 1.165) is 47.5 Å². The van der Waals surface area contributed by atoms with Crippen molar-refractivity contribution in [3.05, 3.63) is 94.0 Å². The standard InChI is InChI=1S/C32H37Cl2N3O4S/c1-3-30(32(39)35-27-9-5-4-6-10-27)36(21-24-14-12-23(2)13-15-24)31(38)22-37(28-11-7-8-26(34)20-28)42(40,41)29-18-16-25(33)17-19-29/h7-8,11-20,27,30H,3-6,9-10,21-22H2,1-2H3,(H,35,39). The van der Waals surface area contributed by atoms with Gasteiger partial charge in [-0.05, 0) is 74.2 Å². The molecule has 1 N–H and O–H groups in total. The lowest BCUT2D eigenvalue weighted by atomic mass is 9.95. The van der Waals surface area contributed by atoms with E-state index in [1.807, 2.05) is 38.1 Å². The first-order chi connectivity index (χ1) is 20.1. The van der Waals surface area contributed by atoms with Crippen LogP contribution >= 0.6 is 23.2 Å². The number of carbonyl (C=O) groups is 2. The number of halogens is 2. The monoisotopic (exact) mass is 629 g/mol. The Balaban J connectivity index is 1.70. The molecule has 7 nitrogen and oxygen atoms in total. The molecule has 3 aromatic carbocycles. The van der Waals surface area contributed by atoms with Gasteiger partial charge >= 0.3 is 0 Å². The van der Waals surface area contributed by atoms with Crippen LogP contribution in [0.5, 0.6) is 0 Å². The fourth-order valence-electron chi connectivity index (χ4n) is 5.25. The van der Waals surface area contributed by atoms with E-state index < -0.39 is 28.5 Å². The molecule has 224 valence electrons. The zero-order chi connectivity index (χ0) is 30.3. The summed E-state index contributed by atoms with van der Waals surface area (Å²) < 4.78 is 28.9. The molecule has 0 aliphatic heterocycles. The largest absolute Gasteiger partial charge is 0.352 e. The number of nitrogens with one attached hydrogen (secondary N) is 1. The van der Waals surface area contributed by atoms with E-state index in [0.29, 0.717) is 16.5 Å². The van der Waals surface area contributed by atoms with E-state index in [2.05, 4.69) is 5.32 Å². The van der Waals surface area contributed by atoms with Crippen molar-refractivity contribution in [2.75, 3.05) is 10.8 Å². The minimum atomic E-state index is -4.20. The van der Waals surface area contributed by atoms with Crippen molar-refractivity contribution < 1.29 is 18.0 Å². The fraction of sp³-hybridized carbons (Fsp3) is 0.375. The quantitative estimate of drug-likeness (QED) is 0.254. The molecule has 0 bridgehead atoms. The molecule has 0 heterocycles. The number of hydrogen-bond donors (Lipinski definition) is 1. The molecule has 0 saturated heterocycles. The zero-order valence-electron chi connectivity index (χ0n) is 23.9.